The minimum Gasteiger partial charge on any atom is -0.301 e. The van der Waals surface area contributed by atoms with Crippen LogP contribution in [0.15, 0.2) is 58.5 Å². The average molecular weight is 496 g/mol. The predicted molar refractivity (Wildman–Crippen MR) is 136 cm³/mol. The van der Waals surface area contributed by atoms with Crippen molar-refractivity contribution in [1.82, 2.24) is 14.5 Å². The van der Waals surface area contributed by atoms with Crippen molar-refractivity contribution in [1.29, 1.82) is 0 Å². The van der Waals surface area contributed by atoms with Gasteiger partial charge in [0, 0.05) is 28.6 Å². The highest BCUT2D eigenvalue weighted by Crippen LogP contribution is 2.34. The van der Waals surface area contributed by atoms with Crippen LogP contribution in [-0.2, 0) is 13.0 Å². The molecule has 1 aliphatic heterocycles. The van der Waals surface area contributed by atoms with E-state index in [4.69, 9.17) is 16.6 Å². The second kappa shape index (κ2) is 9.06. The van der Waals surface area contributed by atoms with Crippen LogP contribution in [0.4, 0.5) is 0 Å². The molecule has 5 rings (SSSR count). The first-order chi connectivity index (χ1) is 15.9. The second-order valence-electron chi connectivity index (χ2n) is 8.26. The molecule has 0 saturated carbocycles. The summed E-state index contributed by atoms with van der Waals surface area (Å²) in [5.74, 6) is 0.146. The van der Waals surface area contributed by atoms with E-state index in [1.54, 1.807) is 40.2 Å². The zero-order chi connectivity index (χ0) is 23.1. The molecule has 2 aromatic heterocycles. The van der Waals surface area contributed by atoms with Crippen molar-refractivity contribution < 1.29 is 4.79 Å². The zero-order valence-corrected chi connectivity index (χ0v) is 20.7. The molecule has 0 amide bonds. The third kappa shape index (κ3) is 4.38. The van der Waals surface area contributed by atoms with Crippen molar-refractivity contribution in [2.24, 2.45) is 0 Å². The Labute approximate surface area is 205 Å². The van der Waals surface area contributed by atoms with Crippen molar-refractivity contribution in [2.45, 2.75) is 25.0 Å². The number of carbonyl (C=O) groups is 1. The number of hydrogen-bond acceptors (Lipinski definition) is 6. The molecule has 0 unspecified atom stereocenters. The topological polar surface area (TPSA) is 55.2 Å². The number of ketones is 1. The molecule has 0 saturated heterocycles. The van der Waals surface area contributed by atoms with Gasteiger partial charge in [0.25, 0.3) is 5.56 Å². The van der Waals surface area contributed by atoms with Gasteiger partial charge in [0.2, 0.25) is 0 Å². The fraction of sp³-hybridized carbons (Fsp3) is 0.240. The minimum absolute atomic E-state index is 0.0337. The first-order valence-corrected chi connectivity index (χ1v) is 12.8. The Hall–Kier alpha value is -2.45. The van der Waals surface area contributed by atoms with Gasteiger partial charge in [-0.1, -0.05) is 41.1 Å². The largest absolute Gasteiger partial charge is 0.301 e. The molecule has 168 valence electrons. The van der Waals surface area contributed by atoms with Gasteiger partial charge in [-0.2, -0.15) is 0 Å². The summed E-state index contributed by atoms with van der Waals surface area (Å²) < 4.78 is 1.66. The van der Waals surface area contributed by atoms with Gasteiger partial charge in [0.1, 0.15) is 4.83 Å². The van der Waals surface area contributed by atoms with Crippen LogP contribution in [0.25, 0.3) is 15.9 Å². The standard InChI is InChI=1S/C25H22ClN3O2S2/c1-15-3-9-18(10-4-15)29-24(31)22-19-11-12-28(2)13-21(19)33-23(22)27-25(29)32-14-20(30)16-5-7-17(26)8-6-16/h3-10H,11-14H2,1-2H3. The van der Waals surface area contributed by atoms with Crippen molar-refractivity contribution in [2.75, 3.05) is 19.3 Å². The minimum atomic E-state index is -0.0626. The fourth-order valence-corrected chi connectivity index (χ4v) is 6.39. The normalized spacial score (nSPS) is 13.9. The molecule has 33 heavy (non-hydrogen) atoms. The highest BCUT2D eigenvalue weighted by atomic mass is 35.5. The van der Waals surface area contributed by atoms with Gasteiger partial charge in [-0.15, -0.1) is 11.3 Å². The Balaban J connectivity index is 1.59. The van der Waals surface area contributed by atoms with Crippen molar-refractivity contribution >= 4 is 50.7 Å². The molecule has 8 heteroatoms. The van der Waals surface area contributed by atoms with Crippen LogP contribution < -0.4 is 5.56 Å². The lowest BCUT2D eigenvalue weighted by Crippen LogP contribution is -2.27. The molecule has 0 fully saturated rings. The Bertz CT molecular complexity index is 1410. The van der Waals surface area contributed by atoms with Crippen LogP contribution in [0.5, 0.6) is 0 Å². The van der Waals surface area contributed by atoms with Gasteiger partial charge in [0.15, 0.2) is 10.9 Å². The van der Waals surface area contributed by atoms with Gasteiger partial charge >= 0.3 is 0 Å². The molecule has 4 aromatic rings. The number of halogens is 1. The van der Waals surface area contributed by atoms with Crippen LogP contribution >= 0.6 is 34.7 Å². The number of likely N-dealkylation sites (N-methyl/N-ethyl adjacent to an activating group) is 1. The van der Waals surface area contributed by atoms with E-state index in [1.807, 2.05) is 31.2 Å². The summed E-state index contributed by atoms with van der Waals surface area (Å²) in [6, 6.07) is 14.7. The second-order valence-corrected chi connectivity index (χ2v) is 10.7. The molecule has 0 N–H and O–H groups in total. The molecule has 5 nitrogen and oxygen atoms in total. The van der Waals surface area contributed by atoms with Gasteiger partial charge in [0.05, 0.1) is 16.8 Å². The molecular weight excluding hydrogens is 474 g/mol. The van der Waals surface area contributed by atoms with Crippen LogP contribution in [0.2, 0.25) is 5.02 Å². The third-order valence-electron chi connectivity index (χ3n) is 5.83. The number of carbonyl (C=O) groups excluding carboxylic acids is 1. The molecule has 1 aliphatic rings. The van der Waals surface area contributed by atoms with Crippen LogP contribution in [0.3, 0.4) is 0 Å². The SMILES string of the molecule is Cc1ccc(-n2c(SCC(=O)c3ccc(Cl)cc3)nc3sc4c(c3c2=O)CCN(C)C4)cc1. The number of aryl methyl sites for hydroxylation is 1. The summed E-state index contributed by atoms with van der Waals surface area (Å²) in [7, 11) is 2.09. The van der Waals surface area contributed by atoms with Crippen LogP contribution in [0, 0.1) is 6.92 Å². The molecular formula is C25H22ClN3O2S2. The summed E-state index contributed by atoms with van der Waals surface area (Å²) in [5.41, 5.74) is 3.53. The van der Waals surface area contributed by atoms with E-state index in [-0.39, 0.29) is 17.1 Å². The summed E-state index contributed by atoms with van der Waals surface area (Å²) in [6.07, 6.45) is 0.845. The molecule has 0 atom stereocenters. The number of nitrogens with zero attached hydrogens (tertiary/aromatic N) is 3. The van der Waals surface area contributed by atoms with E-state index in [0.717, 1.165) is 46.5 Å². The number of aromatic nitrogens is 2. The van der Waals surface area contributed by atoms with Gasteiger partial charge in [-0.3, -0.25) is 14.2 Å². The Kier molecular flexibility index (Phi) is 6.14. The van der Waals surface area contributed by atoms with Crippen molar-refractivity contribution in [3.05, 3.63) is 85.5 Å². The first kappa shape index (κ1) is 22.3. The van der Waals surface area contributed by atoms with E-state index in [0.29, 0.717) is 15.7 Å². The Morgan fingerprint density at radius 2 is 1.88 bits per heavy atom. The number of rotatable bonds is 5. The van der Waals surface area contributed by atoms with Crippen molar-refractivity contribution in [3.63, 3.8) is 0 Å². The predicted octanol–water partition coefficient (Wildman–Crippen LogP) is 5.37. The van der Waals surface area contributed by atoms with Gasteiger partial charge < -0.3 is 4.90 Å². The maximum Gasteiger partial charge on any atom is 0.267 e. The van der Waals surface area contributed by atoms with Crippen LogP contribution in [0.1, 0.15) is 26.4 Å². The van der Waals surface area contributed by atoms with E-state index < -0.39 is 0 Å². The highest BCUT2D eigenvalue weighted by molar-refractivity contribution is 7.99. The average Bonchev–Trinajstić information content (AvgIpc) is 3.16. The Morgan fingerprint density at radius 3 is 2.61 bits per heavy atom. The summed E-state index contributed by atoms with van der Waals surface area (Å²) in [4.78, 5) is 35.7. The van der Waals surface area contributed by atoms with Gasteiger partial charge in [-0.25, -0.2) is 4.98 Å². The van der Waals surface area contributed by atoms with E-state index in [9.17, 15) is 9.59 Å². The smallest absolute Gasteiger partial charge is 0.267 e. The molecule has 0 radical (unpaired) electrons. The number of fused-ring (bicyclic) bond motifs is 3. The van der Waals surface area contributed by atoms with E-state index in [1.165, 1.54) is 16.6 Å². The maximum atomic E-state index is 13.8. The molecule has 2 aromatic carbocycles. The Morgan fingerprint density at radius 1 is 1.15 bits per heavy atom. The monoisotopic (exact) mass is 495 g/mol. The van der Waals surface area contributed by atoms with Crippen molar-refractivity contribution in [3.8, 4) is 5.69 Å². The molecule has 0 bridgehead atoms. The molecule has 0 aliphatic carbocycles. The lowest BCUT2D eigenvalue weighted by Gasteiger charge is -2.21. The highest BCUT2D eigenvalue weighted by Gasteiger charge is 2.24. The number of Topliss-reactive ketones (excluding diaryl/α,β-unsaturated/α-hetero) is 1. The summed E-state index contributed by atoms with van der Waals surface area (Å²) in [5, 5.41) is 1.84. The summed E-state index contributed by atoms with van der Waals surface area (Å²) in [6.45, 7) is 3.77. The maximum absolute atomic E-state index is 13.8. The van der Waals surface area contributed by atoms with Gasteiger partial charge in [-0.05, 0) is 62.4 Å². The quantitative estimate of drug-likeness (QED) is 0.211. The summed E-state index contributed by atoms with van der Waals surface area (Å²) >= 11 is 8.83. The third-order valence-corrected chi connectivity index (χ3v) is 8.13. The number of thiophene rings is 1. The van der Waals surface area contributed by atoms with E-state index in [2.05, 4.69) is 11.9 Å². The lowest BCUT2D eigenvalue weighted by atomic mass is 10.1. The lowest BCUT2D eigenvalue weighted by molar-refractivity contribution is 0.102. The van der Waals surface area contributed by atoms with E-state index >= 15 is 0 Å². The molecule has 3 heterocycles. The molecule has 0 spiro atoms. The first-order valence-electron chi connectivity index (χ1n) is 10.6. The zero-order valence-electron chi connectivity index (χ0n) is 18.3. The number of benzene rings is 2. The number of hydrogen-bond donors (Lipinski definition) is 0. The fourth-order valence-electron chi connectivity index (χ4n) is 4.02. The van der Waals surface area contributed by atoms with Crippen LogP contribution in [-0.4, -0.2) is 39.6 Å². The number of thioether (sulfide) groups is 1.